The van der Waals surface area contributed by atoms with Crippen LogP contribution in [-0.2, 0) is 16.1 Å². The highest BCUT2D eigenvalue weighted by Crippen LogP contribution is 2.24. The zero-order valence-electron chi connectivity index (χ0n) is 13.1. The number of esters is 1. The third-order valence-electron chi connectivity index (χ3n) is 3.21. The SMILES string of the molecule is C[C@H](Sc1ccccc1)C(=O)OCc1nnc(-c2ccccc2)o1. The van der Waals surface area contributed by atoms with Crippen molar-refractivity contribution < 1.29 is 13.9 Å². The number of ether oxygens (including phenoxy) is 1. The van der Waals surface area contributed by atoms with E-state index >= 15 is 0 Å². The fourth-order valence-electron chi connectivity index (χ4n) is 2.01. The molecule has 0 unspecified atom stereocenters. The quantitative estimate of drug-likeness (QED) is 0.500. The second kappa shape index (κ2) is 7.79. The van der Waals surface area contributed by atoms with Gasteiger partial charge in [0.05, 0.1) is 0 Å². The minimum Gasteiger partial charge on any atom is -0.455 e. The Kier molecular flexibility index (Phi) is 5.28. The zero-order chi connectivity index (χ0) is 16.8. The lowest BCUT2D eigenvalue weighted by Gasteiger charge is -2.09. The summed E-state index contributed by atoms with van der Waals surface area (Å²) in [4.78, 5) is 13.1. The molecule has 0 amide bonds. The van der Waals surface area contributed by atoms with E-state index in [1.807, 2.05) is 67.6 Å². The molecule has 2 aromatic carbocycles. The third-order valence-corrected chi connectivity index (χ3v) is 4.30. The molecule has 6 heteroatoms. The minimum atomic E-state index is -0.316. The molecule has 0 saturated carbocycles. The molecule has 0 radical (unpaired) electrons. The molecule has 0 saturated heterocycles. The Morgan fingerprint density at radius 2 is 1.75 bits per heavy atom. The van der Waals surface area contributed by atoms with Gasteiger partial charge in [-0.15, -0.1) is 22.0 Å². The first-order valence-electron chi connectivity index (χ1n) is 7.48. The fraction of sp³-hybridized carbons (Fsp3) is 0.167. The Bertz CT molecular complexity index is 790. The third kappa shape index (κ3) is 4.23. The van der Waals surface area contributed by atoms with Crippen molar-refractivity contribution in [2.24, 2.45) is 0 Å². The number of hydrogen-bond acceptors (Lipinski definition) is 6. The van der Waals surface area contributed by atoms with E-state index in [0.29, 0.717) is 5.89 Å². The number of benzene rings is 2. The predicted octanol–water partition coefficient (Wildman–Crippen LogP) is 3.96. The summed E-state index contributed by atoms with van der Waals surface area (Å²) in [5.41, 5.74) is 0.829. The number of thioether (sulfide) groups is 1. The average molecular weight is 340 g/mol. The van der Waals surface area contributed by atoms with E-state index in [1.54, 1.807) is 0 Å². The van der Waals surface area contributed by atoms with Gasteiger partial charge in [-0.05, 0) is 31.2 Å². The van der Waals surface area contributed by atoms with Crippen LogP contribution in [0.15, 0.2) is 70.0 Å². The van der Waals surface area contributed by atoms with Gasteiger partial charge in [0.1, 0.15) is 5.25 Å². The van der Waals surface area contributed by atoms with Gasteiger partial charge in [-0.3, -0.25) is 4.79 Å². The summed E-state index contributed by atoms with van der Waals surface area (Å²) in [7, 11) is 0. The van der Waals surface area contributed by atoms with E-state index < -0.39 is 0 Å². The Hall–Kier alpha value is -2.60. The van der Waals surface area contributed by atoms with Crippen LogP contribution in [0.2, 0.25) is 0 Å². The van der Waals surface area contributed by atoms with Crippen molar-refractivity contribution in [1.29, 1.82) is 0 Å². The van der Waals surface area contributed by atoms with Crippen LogP contribution in [0, 0.1) is 0 Å². The summed E-state index contributed by atoms with van der Waals surface area (Å²) in [6.45, 7) is 1.78. The fourth-order valence-corrected chi connectivity index (χ4v) is 2.90. The summed E-state index contributed by atoms with van der Waals surface area (Å²) in [6.07, 6.45) is 0. The van der Waals surface area contributed by atoms with Gasteiger partial charge in [-0.2, -0.15) is 0 Å². The van der Waals surface area contributed by atoms with Crippen LogP contribution >= 0.6 is 11.8 Å². The minimum absolute atomic E-state index is 0.0294. The van der Waals surface area contributed by atoms with Gasteiger partial charge in [-0.25, -0.2) is 0 Å². The van der Waals surface area contributed by atoms with Gasteiger partial charge >= 0.3 is 5.97 Å². The van der Waals surface area contributed by atoms with Gasteiger partial charge in [-0.1, -0.05) is 36.4 Å². The molecule has 3 aromatic rings. The normalized spacial score (nSPS) is 11.9. The van der Waals surface area contributed by atoms with Gasteiger partial charge in [0.2, 0.25) is 5.89 Å². The molecule has 1 atom stereocenters. The molecule has 0 fully saturated rings. The molecule has 0 aliphatic carbocycles. The lowest BCUT2D eigenvalue weighted by Crippen LogP contribution is -2.16. The first-order chi connectivity index (χ1) is 11.7. The number of rotatable bonds is 6. The Morgan fingerprint density at radius 1 is 1.08 bits per heavy atom. The average Bonchev–Trinajstić information content (AvgIpc) is 3.10. The molecule has 24 heavy (non-hydrogen) atoms. The Labute approximate surface area is 144 Å². The Morgan fingerprint density at radius 3 is 2.46 bits per heavy atom. The first kappa shape index (κ1) is 16.3. The van der Waals surface area contributed by atoms with Crippen LogP contribution in [0.1, 0.15) is 12.8 Å². The summed E-state index contributed by atoms with van der Waals surface area (Å²) in [6, 6.07) is 19.2. The van der Waals surface area contributed by atoms with Crippen LogP contribution in [0.25, 0.3) is 11.5 Å². The second-order valence-electron chi connectivity index (χ2n) is 5.05. The molecule has 3 rings (SSSR count). The second-order valence-corrected chi connectivity index (χ2v) is 6.46. The molecule has 0 aliphatic rings. The van der Waals surface area contributed by atoms with Crippen molar-refractivity contribution in [1.82, 2.24) is 10.2 Å². The van der Waals surface area contributed by atoms with Crippen LogP contribution in [-0.4, -0.2) is 21.4 Å². The smallest absolute Gasteiger partial charge is 0.319 e. The highest BCUT2D eigenvalue weighted by molar-refractivity contribution is 8.00. The van der Waals surface area contributed by atoms with Gasteiger partial charge in [0.15, 0.2) is 6.61 Å². The molecular formula is C18H16N2O3S. The van der Waals surface area contributed by atoms with Crippen molar-refractivity contribution in [2.75, 3.05) is 0 Å². The van der Waals surface area contributed by atoms with Gasteiger partial charge in [0, 0.05) is 10.5 Å². The standard InChI is InChI=1S/C18H16N2O3S/c1-13(24-15-10-6-3-7-11-15)18(21)22-12-16-19-20-17(23-16)14-8-4-2-5-9-14/h2-11,13H,12H2,1H3/t13-/m0/s1. The largest absolute Gasteiger partial charge is 0.455 e. The maximum Gasteiger partial charge on any atom is 0.319 e. The monoisotopic (exact) mass is 340 g/mol. The van der Waals surface area contributed by atoms with E-state index in [0.717, 1.165) is 10.5 Å². The summed E-state index contributed by atoms with van der Waals surface area (Å²) >= 11 is 1.45. The molecule has 0 spiro atoms. The maximum absolute atomic E-state index is 12.1. The van der Waals surface area contributed by atoms with Gasteiger partial charge in [0.25, 0.3) is 5.89 Å². The molecule has 5 nitrogen and oxygen atoms in total. The van der Waals surface area contributed by atoms with Crippen LogP contribution in [0.4, 0.5) is 0 Å². The molecule has 122 valence electrons. The Balaban J connectivity index is 1.54. The van der Waals surface area contributed by atoms with Crippen molar-refractivity contribution in [3.05, 3.63) is 66.6 Å². The van der Waals surface area contributed by atoms with Gasteiger partial charge < -0.3 is 9.15 Å². The van der Waals surface area contributed by atoms with Crippen molar-refractivity contribution in [3.8, 4) is 11.5 Å². The van der Waals surface area contributed by atoms with E-state index in [-0.39, 0.29) is 23.7 Å². The molecule has 1 aromatic heterocycles. The van der Waals surface area contributed by atoms with Crippen molar-refractivity contribution in [3.63, 3.8) is 0 Å². The first-order valence-corrected chi connectivity index (χ1v) is 8.36. The lowest BCUT2D eigenvalue weighted by atomic mass is 10.2. The highest BCUT2D eigenvalue weighted by Gasteiger charge is 2.17. The van der Waals surface area contributed by atoms with E-state index in [1.165, 1.54) is 11.8 Å². The molecule has 1 heterocycles. The van der Waals surface area contributed by atoms with Crippen LogP contribution in [0.5, 0.6) is 0 Å². The molecular weight excluding hydrogens is 324 g/mol. The van der Waals surface area contributed by atoms with E-state index in [4.69, 9.17) is 9.15 Å². The molecule has 0 N–H and O–H groups in total. The number of nitrogens with zero attached hydrogens (tertiary/aromatic N) is 2. The van der Waals surface area contributed by atoms with E-state index in [2.05, 4.69) is 10.2 Å². The zero-order valence-corrected chi connectivity index (χ0v) is 13.9. The van der Waals surface area contributed by atoms with Crippen molar-refractivity contribution in [2.45, 2.75) is 23.7 Å². The van der Waals surface area contributed by atoms with E-state index in [9.17, 15) is 4.79 Å². The predicted molar refractivity (Wildman–Crippen MR) is 91.3 cm³/mol. The topological polar surface area (TPSA) is 65.2 Å². The maximum atomic E-state index is 12.1. The molecule has 0 bridgehead atoms. The molecule has 0 aliphatic heterocycles. The summed E-state index contributed by atoms with van der Waals surface area (Å²) in [5.74, 6) is 0.371. The summed E-state index contributed by atoms with van der Waals surface area (Å²) < 4.78 is 10.8. The number of carbonyl (C=O) groups excluding carboxylic acids is 1. The number of aromatic nitrogens is 2. The van der Waals surface area contributed by atoms with Crippen LogP contribution < -0.4 is 0 Å². The lowest BCUT2D eigenvalue weighted by molar-refractivity contribution is -0.144. The summed E-state index contributed by atoms with van der Waals surface area (Å²) in [5, 5.41) is 7.56. The van der Waals surface area contributed by atoms with Crippen molar-refractivity contribution >= 4 is 17.7 Å². The number of carbonyl (C=O) groups is 1. The number of hydrogen-bond donors (Lipinski definition) is 0. The highest BCUT2D eigenvalue weighted by atomic mass is 32.2. The van der Waals surface area contributed by atoms with Crippen LogP contribution in [0.3, 0.4) is 0 Å².